The average molecular weight is 339 g/mol. The second-order valence-electron chi connectivity index (χ2n) is 6.39. The van der Waals surface area contributed by atoms with Gasteiger partial charge in [-0.15, -0.1) is 0 Å². The maximum Gasteiger partial charge on any atom is 0.224 e. The number of fused-ring (bicyclic) bond motifs is 1. The van der Waals surface area contributed by atoms with Crippen LogP contribution in [0.5, 0.6) is 0 Å². The third-order valence-corrected chi connectivity index (χ3v) is 4.11. The number of halogens is 1. The van der Waals surface area contributed by atoms with Crippen LogP contribution in [0, 0.1) is 5.82 Å². The number of carbonyl (C=O) groups is 1. The van der Waals surface area contributed by atoms with E-state index < -0.39 is 0 Å². The zero-order chi connectivity index (χ0) is 17.8. The van der Waals surface area contributed by atoms with Crippen molar-refractivity contribution in [2.45, 2.75) is 32.7 Å². The van der Waals surface area contributed by atoms with E-state index in [2.05, 4.69) is 34.8 Å². The summed E-state index contributed by atoms with van der Waals surface area (Å²) in [4.78, 5) is 16.7. The van der Waals surface area contributed by atoms with Crippen molar-refractivity contribution in [3.8, 4) is 0 Å². The Morgan fingerprint density at radius 3 is 2.76 bits per heavy atom. The van der Waals surface area contributed by atoms with Crippen molar-refractivity contribution >= 4 is 16.9 Å². The molecule has 5 heteroatoms. The number of hydrogen-bond acceptors (Lipinski definition) is 2. The van der Waals surface area contributed by atoms with Gasteiger partial charge < -0.3 is 9.88 Å². The Bertz CT molecular complexity index is 886. The summed E-state index contributed by atoms with van der Waals surface area (Å²) < 4.78 is 15.4. The van der Waals surface area contributed by atoms with E-state index in [4.69, 9.17) is 0 Å². The van der Waals surface area contributed by atoms with Crippen molar-refractivity contribution in [2.24, 2.45) is 0 Å². The number of nitrogens with one attached hydrogen (secondary N) is 1. The van der Waals surface area contributed by atoms with Crippen molar-refractivity contribution < 1.29 is 9.18 Å². The third-order valence-electron chi connectivity index (χ3n) is 4.11. The van der Waals surface area contributed by atoms with Crippen molar-refractivity contribution in [3.63, 3.8) is 0 Å². The molecule has 0 aliphatic rings. The molecule has 0 bridgehead atoms. The highest BCUT2D eigenvalue weighted by atomic mass is 19.1. The Hall–Kier alpha value is -2.69. The minimum atomic E-state index is -0.323. The summed E-state index contributed by atoms with van der Waals surface area (Å²) in [7, 11) is 0. The lowest BCUT2D eigenvalue weighted by molar-refractivity contribution is -0.120. The lowest BCUT2D eigenvalue weighted by atomic mass is 10.1. The number of imidazole rings is 1. The monoisotopic (exact) mass is 339 g/mol. The Kier molecular flexibility index (Phi) is 5.12. The molecule has 1 heterocycles. The van der Waals surface area contributed by atoms with Gasteiger partial charge in [-0.25, -0.2) is 9.37 Å². The van der Waals surface area contributed by atoms with Crippen LogP contribution in [0.25, 0.3) is 11.0 Å². The molecule has 0 fully saturated rings. The first kappa shape index (κ1) is 17.1. The molecular formula is C20H22FN3O. The standard InChI is InChI=1S/C20H22FN3O/c1-14(2)24-18-9-4-3-8-17(18)23-19(24)10-11-22-20(25)13-15-6-5-7-16(21)12-15/h3-9,12,14H,10-11,13H2,1-2H3,(H,22,25). The van der Waals surface area contributed by atoms with E-state index in [1.54, 1.807) is 12.1 Å². The Morgan fingerprint density at radius 1 is 1.20 bits per heavy atom. The Morgan fingerprint density at radius 2 is 2.00 bits per heavy atom. The second-order valence-corrected chi connectivity index (χ2v) is 6.39. The van der Waals surface area contributed by atoms with Gasteiger partial charge in [-0.05, 0) is 43.7 Å². The first-order chi connectivity index (χ1) is 12.0. The molecule has 25 heavy (non-hydrogen) atoms. The molecule has 2 aromatic carbocycles. The Labute approximate surface area is 146 Å². The van der Waals surface area contributed by atoms with Crippen LogP contribution >= 0.6 is 0 Å². The molecule has 3 rings (SSSR count). The molecule has 0 radical (unpaired) electrons. The average Bonchev–Trinajstić information content (AvgIpc) is 2.93. The van der Waals surface area contributed by atoms with Crippen LogP contribution in [0.2, 0.25) is 0 Å². The molecule has 130 valence electrons. The number of para-hydroxylation sites is 2. The van der Waals surface area contributed by atoms with Crippen LogP contribution in [-0.4, -0.2) is 22.0 Å². The molecule has 0 atom stereocenters. The first-order valence-corrected chi connectivity index (χ1v) is 8.51. The largest absolute Gasteiger partial charge is 0.355 e. The van der Waals surface area contributed by atoms with Crippen LogP contribution in [0.3, 0.4) is 0 Å². The van der Waals surface area contributed by atoms with Gasteiger partial charge in [0.15, 0.2) is 0 Å². The smallest absolute Gasteiger partial charge is 0.224 e. The first-order valence-electron chi connectivity index (χ1n) is 8.51. The zero-order valence-corrected chi connectivity index (χ0v) is 14.5. The number of aromatic nitrogens is 2. The molecule has 0 spiro atoms. The maximum absolute atomic E-state index is 13.2. The normalized spacial score (nSPS) is 11.2. The summed E-state index contributed by atoms with van der Waals surface area (Å²) in [5, 5.41) is 2.89. The van der Waals surface area contributed by atoms with E-state index in [0.717, 1.165) is 16.9 Å². The summed E-state index contributed by atoms with van der Waals surface area (Å²) in [6.07, 6.45) is 0.833. The van der Waals surface area contributed by atoms with Crippen molar-refractivity contribution in [1.29, 1.82) is 0 Å². The molecule has 0 saturated heterocycles. The van der Waals surface area contributed by atoms with Crippen LogP contribution < -0.4 is 5.32 Å². The number of rotatable bonds is 6. The number of amides is 1. The van der Waals surface area contributed by atoms with E-state index in [-0.39, 0.29) is 18.1 Å². The lowest BCUT2D eigenvalue weighted by Gasteiger charge is -2.13. The van der Waals surface area contributed by atoms with Crippen molar-refractivity contribution in [3.05, 3.63) is 65.7 Å². The Balaban J connectivity index is 1.63. The fraction of sp³-hybridized carbons (Fsp3) is 0.300. The van der Waals surface area contributed by atoms with E-state index in [9.17, 15) is 9.18 Å². The molecule has 0 saturated carbocycles. The van der Waals surface area contributed by atoms with Crippen LogP contribution in [-0.2, 0) is 17.6 Å². The predicted octanol–water partition coefficient (Wildman–Crippen LogP) is 3.66. The molecule has 1 N–H and O–H groups in total. The lowest BCUT2D eigenvalue weighted by Crippen LogP contribution is -2.28. The molecular weight excluding hydrogens is 317 g/mol. The van der Waals surface area contributed by atoms with E-state index in [1.165, 1.54) is 12.1 Å². The number of hydrogen-bond donors (Lipinski definition) is 1. The van der Waals surface area contributed by atoms with Crippen LogP contribution in [0.15, 0.2) is 48.5 Å². The fourth-order valence-electron chi connectivity index (χ4n) is 3.06. The topological polar surface area (TPSA) is 46.9 Å². The van der Waals surface area contributed by atoms with Gasteiger partial charge >= 0.3 is 0 Å². The zero-order valence-electron chi connectivity index (χ0n) is 14.5. The SMILES string of the molecule is CC(C)n1c(CCNC(=O)Cc2cccc(F)c2)nc2ccccc21. The maximum atomic E-state index is 13.2. The molecule has 1 aromatic heterocycles. The van der Waals surface area contributed by atoms with Crippen LogP contribution in [0.4, 0.5) is 4.39 Å². The minimum absolute atomic E-state index is 0.113. The highest BCUT2D eigenvalue weighted by Gasteiger charge is 2.13. The second kappa shape index (κ2) is 7.47. The van der Waals surface area contributed by atoms with Gasteiger partial charge in [-0.2, -0.15) is 0 Å². The summed E-state index contributed by atoms with van der Waals surface area (Å²) >= 11 is 0. The molecule has 4 nitrogen and oxygen atoms in total. The number of benzene rings is 2. The predicted molar refractivity (Wildman–Crippen MR) is 96.9 cm³/mol. The van der Waals surface area contributed by atoms with Gasteiger partial charge in [0.25, 0.3) is 0 Å². The van der Waals surface area contributed by atoms with Gasteiger partial charge in [0.1, 0.15) is 11.6 Å². The molecule has 3 aromatic rings. The van der Waals surface area contributed by atoms with E-state index in [1.807, 2.05) is 18.2 Å². The van der Waals surface area contributed by atoms with Crippen molar-refractivity contribution in [1.82, 2.24) is 14.9 Å². The van der Waals surface area contributed by atoms with Gasteiger partial charge in [0.2, 0.25) is 5.91 Å². The van der Waals surface area contributed by atoms with Gasteiger partial charge in [0, 0.05) is 19.0 Å². The highest BCUT2D eigenvalue weighted by molar-refractivity contribution is 5.78. The van der Waals surface area contributed by atoms with E-state index in [0.29, 0.717) is 24.6 Å². The summed E-state index contributed by atoms with van der Waals surface area (Å²) in [6, 6.07) is 14.5. The van der Waals surface area contributed by atoms with Crippen molar-refractivity contribution in [2.75, 3.05) is 6.54 Å². The molecule has 0 unspecified atom stereocenters. The molecule has 0 aliphatic carbocycles. The summed E-state index contributed by atoms with van der Waals surface area (Å²) in [6.45, 7) is 4.75. The van der Waals surface area contributed by atoms with Gasteiger partial charge in [0.05, 0.1) is 17.5 Å². The quantitative estimate of drug-likeness (QED) is 0.745. The highest BCUT2D eigenvalue weighted by Crippen LogP contribution is 2.21. The van der Waals surface area contributed by atoms with Crippen LogP contribution in [0.1, 0.15) is 31.3 Å². The fourth-order valence-corrected chi connectivity index (χ4v) is 3.06. The van der Waals surface area contributed by atoms with E-state index >= 15 is 0 Å². The van der Waals surface area contributed by atoms with Gasteiger partial charge in [-0.1, -0.05) is 24.3 Å². The number of carbonyl (C=O) groups excluding carboxylic acids is 1. The summed E-state index contributed by atoms with van der Waals surface area (Å²) in [5.74, 6) is 0.524. The van der Waals surface area contributed by atoms with Gasteiger partial charge in [-0.3, -0.25) is 4.79 Å². The molecule has 1 amide bonds. The molecule has 0 aliphatic heterocycles. The third kappa shape index (κ3) is 4.05. The summed E-state index contributed by atoms with van der Waals surface area (Å²) in [5.41, 5.74) is 2.75. The number of nitrogens with zero attached hydrogens (tertiary/aromatic N) is 2. The minimum Gasteiger partial charge on any atom is -0.355 e.